The summed E-state index contributed by atoms with van der Waals surface area (Å²) >= 11 is 0. The molecule has 1 saturated carbocycles. The molecule has 35 heavy (non-hydrogen) atoms. The van der Waals surface area contributed by atoms with Gasteiger partial charge in [0.05, 0.1) is 30.1 Å². The first kappa shape index (κ1) is 23.0. The van der Waals surface area contributed by atoms with Crippen LogP contribution in [0.1, 0.15) is 41.6 Å². The summed E-state index contributed by atoms with van der Waals surface area (Å²) in [4.78, 5) is 31.1. The van der Waals surface area contributed by atoms with Crippen molar-refractivity contribution in [2.45, 2.75) is 44.3 Å². The maximum atomic E-state index is 12.8. The molecule has 2 aliphatic rings. The summed E-state index contributed by atoms with van der Waals surface area (Å²) in [5, 5.41) is 0. The Hall–Kier alpha value is -3.81. The first-order chi connectivity index (χ1) is 16.9. The summed E-state index contributed by atoms with van der Waals surface area (Å²) in [5.74, 6) is 0.899. The number of carbonyl (C=O) groups is 2. The van der Waals surface area contributed by atoms with Crippen molar-refractivity contribution in [1.82, 2.24) is 14.5 Å². The van der Waals surface area contributed by atoms with Crippen LogP contribution in [0.3, 0.4) is 0 Å². The Morgan fingerprint density at radius 2 is 1.71 bits per heavy atom. The van der Waals surface area contributed by atoms with E-state index in [0.717, 1.165) is 35.4 Å². The first-order valence-electron chi connectivity index (χ1n) is 12.1. The summed E-state index contributed by atoms with van der Waals surface area (Å²) in [5.41, 5.74) is 8.52. The van der Waals surface area contributed by atoms with Crippen LogP contribution in [-0.4, -0.2) is 51.6 Å². The molecular weight excluding hydrogens is 444 g/mol. The van der Waals surface area contributed by atoms with Gasteiger partial charge in [0.1, 0.15) is 17.6 Å². The number of nitrogens with zero attached hydrogens (tertiary/aromatic N) is 3. The summed E-state index contributed by atoms with van der Waals surface area (Å²) in [6.45, 7) is 1.23. The SMILES string of the molecule is Cn1cnc(-c2ccc(OC3CCN(C(=O)Cc4ccc(OC5CC5)cc4)CC3)c(C(N)=O)c2)c1. The van der Waals surface area contributed by atoms with Gasteiger partial charge in [0, 0.05) is 44.7 Å². The molecule has 8 heteroatoms. The van der Waals surface area contributed by atoms with E-state index >= 15 is 0 Å². The summed E-state index contributed by atoms with van der Waals surface area (Å²) in [6, 6.07) is 13.2. The zero-order valence-electron chi connectivity index (χ0n) is 19.9. The minimum absolute atomic E-state index is 0.0864. The minimum Gasteiger partial charge on any atom is -0.490 e. The number of likely N-dealkylation sites (tertiary alicyclic amines) is 1. The van der Waals surface area contributed by atoms with Crippen molar-refractivity contribution in [2.75, 3.05) is 13.1 Å². The lowest BCUT2D eigenvalue weighted by Gasteiger charge is -2.32. The van der Waals surface area contributed by atoms with E-state index in [4.69, 9.17) is 15.2 Å². The van der Waals surface area contributed by atoms with Gasteiger partial charge in [0.25, 0.3) is 5.91 Å². The van der Waals surface area contributed by atoms with E-state index in [1.807, 2.05) is 53.0 Å². The third-order valence-corrected chi connectivity index (χ3v) is 6.44. The molecule has 0 spiro atoms. The Balaban J connectivity index is 1.16. The summed E-state index contributed by atoms with van der Waals surface area (Å²) < 4.78 is 13.8. The largest absolute Gasteiger partial charge is 0.490 e. The Kier molecular flexibility index (Phi) is 6.44. The average molecular weight is 475 g/mol. The fraction of sp³-hybridized carbons (Fsp3) is 0.370. The van der Waals surface area contributed by atoms with E-state index < -0.39 is 5.91 Å². The molecule has 182 valence electrons. The maximum absolute atomic E-state index is 12.8. The molecule has 0 atom stereocenters. The molecule has 3 aromatic rings. The zero-order valence-corrected chi connectivity index (χ0v) is 19.9. The first-order valence-corrected chi connectivity index (χ1v) is 12.1. The number of piperidine rings is 1. The molecule has 1 aliphatic heterocycles. The molecule has 2 N–H and O–H groups in total. The molecule has 2 amide bonds. The monoisotopic (exact) mass is 474 g/mol. The van der Waals surface area contributed by atoms with E-state index in [1.54, 1.807) is 18.5 Å². The van der Waals surface area contributed by atoms with Gasteiger partial charge in [-0.25, -0.2) is 4.98 Å². The molecule has 0 radical (unpaired) electrons. The van der Waals surface area contributed by atoms with Crippen molar-refractivity contribution in [1.29, 1.82) is 0 Å². The third-order valence-electron chi connectivity index (χ3n) is 6.44. The van der Waals surface area contributed by atoms with Gasteiger partial charge in [-0.2, -0.15) is 0 Å². The number of ether oxygens (including phenoxy) is 2. The predicted molar refractivity (Wildman–Crippen MR) is 131 cm³/mol. The third kappa shape index (κ3) is 5.65. The molecule has 1 aliphatic carbocycles. The molecule has 2 aromatic carbocycles. The van der Waals surface area contributed by atoms with Gasteiger partial charge in [-0.3, -0.25) is 9.59 Å². The van der Waals surface area contributed by atoms with E-state index in [0.29, 0.717) is 49.8 Å². The standard InChI is InChI=1S/C27H30N4O4/c1-30-16-24(29-17-30)19-4-9-25(23(15-19)27(28)33)35-22-10-12-31(13-11-22)26(32)14-18-2-5-20(6-3-18)34-21-7-8-21/h2-6,9,15-17,21-22H,7-8,10-14H2,1H3,(H2,28,33). The Morgan fingerprint density at radius 1 is 1.00 bits per heavy atom. The van der Waals surface area contributed by atoms with Gasteiger partial charge in [0.15, 0.2) is 0 Å². The number of aromatic nitrogens is 2. The van der Waals surface area contributed by atoms with Gasteiger partial charge >= 0.3 is 0 Å². The fourth-order valence-electron chi connectivity index (χ4n) is 4.30. The van der Waals surface area contributed by atoms with E-state index in [-0.39, 0.29) is 12.0 Å². The summed E-state index contributed by atoms with van der Waals surface area (Å²) in [7, 11) is 1.89. The number of hydrogen-bond donors (Lipinski definition) is 1. The molecule has 8 nitrogen and oxygen atoms in total. The van der Waals surface area contributed by atoms with Crippen LogP contribution in [0, 0.1) is 0 Å². The molecule has 0 unspecified atom stereocenters. The molecular formula is C27H30N4O4. The maximum Gasteiger partial charge on any atom is 0.252 e. The van der Waals surface area contributed by atoms with Gasteiger partial charge in [-0.1, -0.05) is 12.1 Å². The topological polar surface area (TPSA) is 99.7 Å². The van der Waals surface area contributed by atoms with Crippen LogP contribution in [0.2, 0.25) is 0 Å². The molecule has 0 bridgehead atoms. The number of imidazole rings is 1. The quantitative estimate of drug-likeness (QED) is 0.540. The predicted octanol–water partition coefficient (Wildman–Crippen LogP) is 3.34. The molecule has 1 saturated heterocycles. The smallest absolute Gasteiger partial charge is 0.252 e. The highest BCUT2D eigenvalue weighted by Crippen LogP contribution is 2.29. The second-order valence-corrected chi connectivity index (χ2v) is 9.34. The Labute approximate surface area is 204 Å². The van der Waals surface area contributed by atoms with Crippen LogP contribution in [-0.2, 0) is 18.3 Å². The van der Waals surface area contributed by atoms with Crippen molar-refractivity contribution >= 4 is 11.8 Å². The second-order valence-electron chi connectivity index (χ2n) is 9.34. The molecule has 5 rings (SSSR count). The van der Waals surface area contributed by atoms with E-state index in [1.165, 1.54) is 0 Å². The highest BCUT2D eigenvalue weighted by atomic mass is 16.5. The van der Waals surface area contributed by atoms with Crippen molar-refractivity contribution in [3.8, 4) is 22.8 Å². The highest BCUT2D eigenvalue weighted by Gasteiger charge is 2.26. The molecule has 2 heterocycles. The second kappa shape index (κ2) is 9.82. The molecule has 1 aromatic heterocycles. The number of amides is 2. The average Bonchev–Trinajstić information content (AvgIpc) is 3.57. The lowest BCUT2D eigenvalue weighted by molar-refractivity contribution is -0.132. The lowest BCUT2D eigenvalue weighted by Crippen LogP contribution is -2.42. The van der Waals surface area contributed by atoms with Crippen molar-refractivity contribution < 1.29 is 19.1 Å². The van der Waals surface area contributed by atoms with Crippen molar-refractivity contribution in [3.05, 3.63) is 66.1 Å². The Bertz CT molecular complexity index is 1210. The van der Waals surface area contributed by atoms with E-state index in [2.05, 4.69) is 4.98 Å². The van der Waals surface area contributed by atoms with Crippen LogP contribution in [0.25, 0.3) is 11.3 Å². The lowest BCUT2D eigenvalue weighted by atomic mass is 10.0. The van der Waals surface area contributed by atoms with E-state index in [9.17, 15) is 9.59 Å². The fourth-order valence-corrected chi connectivity index (χ4v) is 4.30. The number of benzene rings is 2. The number of hydrogen-bond acceptors (Lipinski definition) is 5. The van der Waals surface area contributed by atoms with Crippen LogP contribution in [0.15, 0.2) is 55.0 Å². The number of nitrogens with two attached hydrogens (primary N) is 1. The van der Waals surface area contributed by atoms with Crippen LogP contribution >= 0.6 is 0 Å². The van der Waals surface area contributed by atoms with Crippen molar-refractivity contribution in [2.24, 2.45) is 12.8 Å². The normalized spacial score (nSPS) is 16.2. The van der Waals surface area contributed by atoms with Gasteiger partial charge in [0.2, 0.25) is 5.91 Å². The minimum atomic E-state index is -0.543. The van der Waals surface area contributed by atoms with Crippen molar-refractivity contribution in [3.63, 3.8) is 0 Å². The van der Waals surface area contributed by atoms with Crippen LogP contribution in [0.4, 0.5) is 0 Å². The number of primary amides is 1. The number of rotatable bonds is 8. The summed E-state index contributed by atoms with van der Waals surface area (Å²) in [6.07, 6.45) is 7.87. The zero-order chi connectivity index (χ0) is 24.4. The molecule has 2 fully saturated rings. The van der Waals surface area contributed by atoms with Gasteiger partial charge in [-0.05, 0) is 48.7 Å². The number of carbonyl (C=O) groups excluding carboxylic acids is 2. The Morgan fingerprint density at radius 3 is 2.34 bits per heavy atom. The van der Waals surface area contributed by atoms with Gasteiger partial charge < -0.3 is 24.7 Å². The number of aryl methyl sites for hydroxylation is 1. The van der Waals surface area contributed by atoms with Crippen LogP contribution < -0.4 is 15.2 Å². The highest BCUT2D eigenvalue weighted by molar-refractivity contribution is 5.97. The van der Waals surface area contributed by atoms with Gasteiger partial charge in [-0.15, -0.1) is 0 Å². The van der Waals surface area contributed by atoms with Crippen LogP contribution in [0.5, 0.6) is 11.5 Å².